The fraction of sp³-hybridized carbons (Fsp3) is 0.391. The molecule has 2 amide bonds. The normalized spacial score (nSPS) is 16.8. The number of nitrogens with one attached hydrogen (secondary N) is 2. The molecule has 2 N–H and O–H groups in total. The van der Waals surface area contributed by atoms with Crippen molar-refractivity contribution in [1.82, 2.24) is 9.62 Å². The summed E-state index contributed by atoms with van der Waals surface area (Å²) >= 11 is 0. The molecule has 3 rings (SSSR count). The molecular formula is C23H28FN3O5S. The van der Waals surface area contributed by atoms with Crippen LogP contribution in [0.1, 0.15) is 31.2 Å². The Morgan fingerprint density at radius 2 is 1.85 bits per heavy atom. The van der Waals surface area contributed by atoms with Crippen LogP contribution in [0.5, 0.6) is 5.75 Å². The summed E-state index contributed by atoms with van der Waals surface area (Å²) < 4.78 is 46.4. The predicted molar refractivity (Wildman–Crippen MR) is 122 cm³/mol. The highest BCUT2D eigenvalue weighted by Crippen LogP contribution is 2.27. The van der Waals surface area contributed by atoms with Crippen LogP contribution < -0.4 is 15.4 Å². The van der Waals surface area contributed by atoms with Gasteiger partial charge in [0.05, 0.1) is 12.0 Å². The van der Waals surface area contributed by atoms with E-state index in [-0.39, 0.29) is 23.0 Å². The summed E-state index contributed by atoms with van der Waals surface area (Å²) in [6.07, 6.45) is 2.60. The van der Waals surface area contributed by atoms with Crippen LogP contribution in [0.15, 0.2) is 47.4 Å². The number of carbonyl (C=O) groups excluding carboxylic acids is 2. The van der Waals surface area contributed by atoms with Gasteiger partial charge in [-0.3, -0.25) is 9.59 Å². The molecule has 1 heterocycles. The van der Waals surface area contributed by atoms with Gasteiger partial charge in [-0.1, -0.05) is 6.42 Å². The van der Waals surface area contributed by atoms with Crippen LogP contribution in [-0.4, -0.2) is 50.8 Å². The second kappa shape index (κ2) is 10.8. The van der Waals surface area contributed by atoms with Crippen LogP contribution >= 0.6 is 0 Å². The number of nitrogens with zero attached hydrogens (tertiary/aromatic N) is 1. The molecule has 1 fully saturated rings. The number of aryl methyl sites for hydroxylation is 1. The van der Waals surface area contributed by atoms with Crippen molar-refractivity contribution in [3.63, 3.8) is 0 Å². The number of carbonyl (C=O) groups is 2. The van der Waals surface area contributed by atoms with Gasteiger partial charge in [-0.25, -0.2) is 12.8 Å². The highest BCUT2D eigenvalue weighted by molar-refractivity contribution is 7.89. The van der Waals surface area contributed by atoms with Crippen LogP contribution in [-0.2, 0) is 19.6 Å². The van der Waals surface area contributed by atoms with Crippen LogP contribution in [0.25, 0.3) is 0 Å². The van der Waals surface area contributed by atoms with Crippen LogP contribution in [0, 0.1) is 12.7 Å². The van der Waals surface area contributed by atoms with E-state index in [0.29, 0.717) is 30.8 Å². The van der Waals surface area contributed by atoms with Crippen molar-refractivity contribution in [2.75, 3.05) is 25.5 Å². The fourth-order valence-electron chi connectivity index (χ4n) is 3.79. The molecule has 0 radical (unpaired) electrons. The van der Waals surface area contributed by atoms with Gasteiger partial charge in [0, 0.05) is 24.8 Å². The molecule has 0 unspecified atom stereocenters. The standard InChI is InChI=1S/C23H28FN3O5S/c1-16-15-20(10-11-21(16)24)33(30,31)27-14-4-3-5-18(27)12-13-25-22(28)23(29)26-17-6-8-19(32-2)9-7-17/h6-11,15,18H,3-5,12-14H2,1-2H3,(H,25,28)(H,26,29)/t18-/m1/s1. The molecule has 10 heteroatoms. The molecule has 0 spiro atoms. The lowest BCUT2D eigenvalue weighted by molar-refractivity contribution is -0.136. The number of ether oxygens (including phenoxy) is 1. The number of rotatable bonds is 7. The summed E-state index contributed by atoms with van der Waals surface area (Å²) in [5, 5.41) is 5.06. The van der Waals surface area contributed by atoms with Gasteiger partial charge >= 0.3 is 11.8 Å². The van der Waals surface area contributed by atoms with Gasteiger partial charge in [0.2, 0.25) is 10.0 Å². The molecule has 0 saturated carbocycles. The minimum atomic E-state index is -3.80. The minimum absolute atomic E-state index is 0.0520. The number of methoxy groups -OCH3 is 1. The van der Waals surface area contributed by atoms with Gasteiger partial charge in [-0.05, 0) is 74.2 Å². The van der Waals surface area contributed by atoms with E-state index >= 15 is 0 Å². The Morgan fingerprint density at radius 3 is 2.52 bits per heavy atom. The van der Waals surface area contributed by atoms with Crippen molar-refractivity contribution >= 4 is 27.5 Å². The second-order valence-corrected chi connectivity index (χ2v) is 9.79. The SMILES string of the molecule is COc1ccc(NC(=O)C(=O)NCC[C@H]2CCCCN2S(=O)(=O)c2ccc(F)c(C)c2)cc1. The third-order valence-electron chi connectivity index (χ3n) is 5.63. The smallest absolute Gasteiger partial charge is 0.313 e. The van der Waals surface area contributed by atoms with Crippen LogP contribution in [0.4, 0.5) is 10.1 Å². The van der Waals surface area contributed by atoms with E-state index < -0.39 is 27.7 Å². The van der Waals surface area contributed by atoms with Gasteiger partial charge < -0.3 is 15.4 Å². The summed E-state index contributed by atoms with van der Waals surface area (Å²) in [5.74, 6) is -1.44. The Morgan fingerprint density at radius 1 is 1.12 bits per heavy atom. The van der Waals surface area contributed by atoms with E-state index in [1.165, 1.54) is 30.5 Å². The molecule has 2 aromatic carbocycles. The maximum Gasteiger partial charge on any atom is 0.313 e. The van der Waals surface area contributed by atoms with E-state index in [4.69, 9.17) is 4.74 Å². The average Bonchev–Trinajstić information content (AvgIpc) is 2.81. The third-order valence-corrected chi connectivity index (χ3v) is 7.57. The molecule has 0 bridgehead atoms. The van der Waals surface area contributed by atoms with Crippen molar-refractivity contribution in [2.45, 2.75) is 43.5 Å². The number of hydrogen-bond donors (Lipinski definition) is 2. The van der Waals surface area contributed by atoms with Gasteiger partial charge in [-0.2, -0.15) is 4.31 Å². The molecular weight excluding hydrogens is 449 g/mol. The second-order valence-electron chi connectivity index (χ2n) is 7.90. The number of benzene rings is 2. The largest absolute Gasteiger partial charge is 0.497 e. The number of hydrogen-bond acceptors (Lipinski definition) is 5. The first kappa shape index (κ1) is 24.7. The van der Waals surface area contributed by atoms with Gasteiger partial charge in [-0.15, -0.1) is 0 Å². The van der Waals surface area contributed by atoms with E-state index in [1.54, 1.807) is 24.3 Å². The minimum Gasteiger partial charge on any atom is -0.497 e. The van der Waals surface area contributed by atoms with Gasteiger partial charge in [0.1, 0.15) is 11.6 Å². The molecule has 0 aromatic heterocycles. The Hall–Kier alpha value is -2.98. The average molecular weight is 478 g/mol. The molecule has 2 aromatic rings. The Labute approximate surface area is 193 Å². The summed E-state index contributed by atoms with van der Waals surface area (Å²) in [6.45, 7) is 2.03. The quantitative estimate of drug-likeness (QED) is 0.597. The maximum atomic E-state index is 13.6. The summed E-state index contributed by atoms with van der Waals surface area (Å²) in [5.41, 5.74) is 0.717. The molecule has 1 saturated heterocycles. The van der Waals surface area contributed by atoms with E-state index in [0.717, 1.165) is 18.9 Å². The zero-order chi connectivity index (χ0) is 24.0. The van der Waals surface area contributed by atoms with E-state index in [1.807, 2.05) is 0 Å². The molecule has 1 atom stereocenters. The Bertz CT molecular complexity index is 1110. The Kier molecular flexibility index (Phi) is 8.04. The van der Waals surface area contributed by atoms with Crippen LogP contribution in [0.2, 0.25) is 0 Å². The first-order valence-electron chi connectivity index (χ1n) is 10.7. The van der Waals surface area contributed by atoms with Crippen LogP contribution in [0.3, 0.4) is 0 Å². The third kappa shape index (κ3) is 6.08. The lowest BCUT2D eigenvalue weighted by Crippen LogP contribution is -2.45. The number of amides is 2. The maximum absolute atomic E-state index is 13.6. The predicted octanol–water partition coefficient (Wildman–Crippen LogP) is 2.83. The molecule has 0 aliphatic carbocycles. The van der Waals surface area contributed by atoms with Crippen molar-refractivity contribution in [1.29, 1.82) is 0 Å². The Balaban J connectivity index is 1.57. The first-order chi connectivity index (χ1) is 15.7. The first-order valence-corrected chi connectivity index (χ1v) is 12.2. The zero-order valence-electron chi connectivity index (χ0n) is 18.6. The molecule has 33 heavy (non-hydrogen) atoms. The summed E-state index contributed by atoms with van der Waals surface area (Å²) in [7, 11) is -2.27. The molecule has 8 nitrogen and oxygen atoms in total. The van der Waals surface area contributed by atoms with Crippen molar-refractivity contribution < 1.29 is 27.1 Å². The van der Waals surface area contributed by atoms with Crippen molar-refractivity contribution in [3.8, 4) is 5.75 Å². The molecule has 1 aliphatic rings. The van der Waals surface area contributed by atoms with E-state index in [9.17, 15) is 22.4 Å². The highest BCUT2D eigenvalue weighted by atomic mass is 32.2. The number of anilines is 1. The lowest BCUT2D eigenvalue weighted by Gasteiger charge is -2.34. The summed E-state index contributed by atoms with van der Waals surface area (Å²) in [6, 6.07) is 10.00. The fourth-order valence-corrected chi connectivity index (χ4v) is 5.60. The number of sulfonamides is 1. The highest BCUT2D eigenvalue weighted by Gasteiger charge is 2.33. The zero-order valence-corrected chi connectivity index (χ0v) is 19.5. The van der Waals surface area contributed by atoms with Crippen molar-refractivity contribution in [3.05, 3.63) is 53.8 Å². The summed E-state index contributed by atoms with van der Waals surface area (Å²) in [4.78, 5) is 24.3. The lowest BCUT2D eigenvalue weighted by atomic mass is 10.0. The number of halogens is 1. The van der Waals surface area contributed by atoms with Gasteiger partial charge in [0.25, 0.3) is 0 Å². The number of piperidine rings is 1. The molecule has 1 aliphatic heterocycles. The molecule has 178 valence electrons. The monoisotopic (exact) mass is 477 g/mol. The van der Waals surface area contributed by atoms with Gasteiger partial charge in [0.15, 0.2) is 0 Å². The van der Waals surface area contributed by atoms with Crippen molar-refractivity contribution in [2.24, 2.45) is 0 Å². The topological polar surface area (TPSA) is 105 Å². The van der Waals surface area contributed by atoms with E-state index in [2.05, 4.69) is 10.6 Å².